The molecular weight excluding hydrogens is 312 g/mol. The Hall–Kier alpha value is -2.10. The van der Waals surface area contributed by atoms with Crippen LogP contribution in [0, 0.1) is 5.41 Å². The highest BCUT2D eigenvalue weighted by Gasteiger charge is 2.26. The van der Waals surface area contributed by atoms with E-state index in [1.165, 1.54) is 30.4 Å². The van der Waals surface area contributed by atoms with Gasteiger partial charge < -0.3 is 9.72 Å². The van der Waals surface area contributed by atoms with Gasteiger partial charge in [-0.15, -0.1) is 0 Å². The Morgan fingerprint density at radius 2 is 2.20 bits per heavy atom. The van der Waals surface area contributed by atoms with Crippen molar-refractivity contribution in [2.24, 2.45) is 5.41 Å². The summed E-state index contributed by atoms with van der Waals surface area (Å²) in [5.74, 6) is -0.150. The average Bonchev–Trinajstić information content (AvgIpc) is 3.00. The molecule has 0 atom stereocenters. The molecule has 0 aliphatic heterocycles. The van der Waals surface area contributed by atoms with Gasteiger partial charge in [-0.05, 0) is 62.2 Å². The van der Waals surface area contributed by atoms with Crippen molar-refractivity contribution in [3.8, 4) is 0 Å². The van der Waals surface area contributed by atoms with E-state index in [-0.39, 0.29) is 11.2 Å². The zero-order valence-corrected chi connectivity index (χ0v) is 16.1. The molecule has 0 spiro atoms. The Labute approximate surface area is 151 Å². The summed E-state index contributed by atoms with van der Waals surface area (Å²) in [5.41, 5.74) is 5.09. The van der Waals surface area contributed by atoms with Gasteiger partial charge in [0.15, 0.2) is 0 Å². The Kier molecular flexibility index (Phi) is 6.40. The van der Waals surface area contributed by atoms with Crippen LogP contribution < -0.4 is 0 Å². The van der Waals surface area contributed by atoms with Crippen molar-refractivity contribution in [2.45, 2.75) is 60.3 Å². The van der Waals surface area contributed by atoms with E-state index >= 15 is 0 Å². The predicted octanol–water partition coefficient (Wildman–Crippen LogP) is 5.46. The van der Waals surface area contributed by atoms with Crippen LogP contribution in [0.3, 0.4) is 0 Å². The van der Waals surface area contributed by atoms with Crippen LogP contribution in [0.25, 0.3) is 6.08 Å². The summed E-state index contributed by atoms with van der Waals surface area (Å²) < 4.78 is 5.08. The second-order valence-corrected chi connectivity index (χ2v) is 7.48. The molecule has 4 nitrogen and oxygen atoms in total. The summed E-state index contributed by atoms with van der Waals surface area (Å²) in [7, 11) is 0. The molecule has 0 amide bonds. The van der Waals surface area contributed by atoms with Crippen molar-refractivity contribution in [2.75, 3.05) is 6.61 Å². The normalized spacial score (nSPS) is 18.0. The zero-order chi connectivity index (χ0) is 18.4. The van der Waals surface area contributed by atoms with Crippen LogP contribution in [0.2, 0.25) is 0 Å². The number of nitrogens with one attached hydrogen (secondary N) is 1. The number of allylic oxidation sites excluding steroid dienone is 5. The van der Waals surface area contributed by atoms with Crippen LogP contribution in [0.5, 0.6) is 0 Å². The summed E-state index contributed by atoms with van der Waals surface area (Å²) >= 11 is 0. The van der Waals surface area contributed by atoms with Gasteiger partial charge in [-0.1, -0.05) is 38.5 Å². The number of imidazole rings is 1. The van der Waals surface area contributed by atoms with Gasteiger partial charge in [0.1, 0.15) is 0 Å². The number of esters is 1. The van der Waals surface area contributed by atoms with Crippen LogP contribution >= 0.6 is 0 Å². The first-order valence-electron chi connectivity index (χ1n) is 9.12. The first-order chi connectivity index (χ1) is 11.8. The first kappa shape index (κ1) is 19.2. The van der Waals surface area contributed by atoms with Crippen molar-refractivity contribution in [1.29, 1.82) is 0 Å². The number of hydrogen-bond acceptors (Lipinski definition) is 3. The Balaban J connectivity index is 2.09. The second-order valence-electron chi connectivity index (χ2n) is 7.48. The molecule has 1 aromatic heterocycles. The highest BCUT2D eigenvalue weighted by atomic mass is 16.5. The molecule has 0 saturated heterocycles. The molecule has 0 bridgehead atoms. The molecule has 1 aliphatic carbocycles. The van der Waals surface area contributed by atoms with Crippen LogP contribution in [-0.4, -0.2) is 22.5 Å². The standard InChI is InChI=1S/C21H30N2O2/c1-6-12-25-20(24)19-22-14-17(23-19)13-15(2)9-10-18-16(3)8-7-11-21(18,4)5/h9-10,13-14H,6-8,11-12H2,1-5H3,(H,22,23)/b10-9+,15-13+. The van der Waals surface area contributed by atoms with Crippen molar-refractivity contribution in [3.05, 3.63) is 46.6 Å². The number of nitrogens with zero attached hydrogens (tertiary/aromatic N) is 1. The van der Waals surface area contributed by atoms with Gasteiger partial charge >= 0.3 is 5.97 Å². The fourth-order valence-electron chi connectivity index (χ4n) is 3.29. The number of hydrogen-bond donors (Lipinski definition) is 1. The molecule has 25 heavy (non-hydrogen) atoms. The van der Waals surface area contributed by atoms with E-state index in [1.54, 1.807) is 6.20 Å². The monoisotopic (exact) mass is 342 g/mol. The Bertz CT molecular complexity index is 705. The highest BCUT2D eigenvalue weighted by Crippen LogP contribution is 2.40. The maximum absolute atomic E-state index is 11.8. The number of carbonyl (C=O) groups is 1. The summed E-state index contributed by atoms with van der Waals surface area (Å²) in [6.45, 7) is 11.3. The van der Waals surface area contributed by atoms with Gasteiger partial charge in [0.05, 0.1) is 18.5 Å². The number of aromatic amines is 1. The number of H-pyrrole nitrogens is 1. The molecular formula is C21H30N2O2. The molecule has 1 heterocycles. The first-order valence-corrected chi connectivity index (χ1v) is 9.12. The molecule has 0 radical (unpaired) electrons. The molecule has 1 aliphatic rings. The lowest BCUT2D eigenvalue weighted by molar-refractivity contribution is 0.0492. The summed E-state index contributed by atoms with van der Waals surface area (Å²) in [4.78, 5) is 18.9. The maximum Gasteiger partial charge on any atom is 0.374 e. The van der Waals surface area contributed by atoms with Crippen molar-refractivity contribution in [1.82, 2.24) is 9.97 Å². The Morgan fingerprint density at radius 1 is 1.44 bits per heavy atom. The fourth-order valence-corrected chi connectivity index (χ4v) is 3.29. The van der Waals surface area contributed by atoms with E-state index in [9.17, 15) is 4.79 Å². The summed E-state index contributed by atoms with van der Waals surface area (Å²) in [5, 5.41) is 0. The molecule has 0 unspecified atom stereocenters. The molecule has 0 fully saturated rings. The van der Waals surface area contributed by atoms with Crippen molar-refractivity contribution >= 4 is 12.0 Å². The lowest BCUT2D eigenvalue weighted by Gasteiger charge is -2.32. The topological polar surface area (TPSA) is 55.0 Å². The zero-order valence-electron chi connectivity index (χ0n) is 16.1. The van der Waals surface area contributed by atoms with E-state index in [1.807, 2.05) is 13.0 Å². The van der Waals surface area contributed by atoms with Gasteiger partial charge in [0.2, 0.25) is 5.82 Å². The van der Waals surface area contributed by atoms with E-state index < -0.39 is 5.97 Å². The van der Waals surface area contributed by atoms with Gasteiger partial charge in [-0.2, -0.15) is 0 Å². The summed E-state index contributed by atoms with van der Waals surface area (Å²) in [6.07, 6.45) is 12.5. The summed E-state index contributed by atoms with van der Waals surface area (Å²) in [6, 6.07) is 0. The van der Waals surface area contributed by atoms with Crippen molar-refractivity contribution < 1.29 is 9.53 Å². The molecule has 136 valence electrons. The second kappa shape index (κ2) is 8.32. The third kappa shape index (κ3) is 5.18. The largest absolute Gasteiger partial charge is 0.460 e. The van der Waals surface area contributed by atoms with Crippen molar-refractivity contribution in [3.63, 3.8) is 0 Å². The third-order valence-corrected chi connectivity index (χ3v) is 4.66. The number of carbonyl (C=O) groups excluding carboxylic acids is 1. The van der Waals surface area contributed by atoms with Gasteiger partial charge in [-0.3, -0.25) is 0 Å². The molecule has 0 aromatic carbocycles. The lowest BCUT2D eigenvalue weighted by Crippen LogP contribution is -2.19. The van der Waals surface area contributed by atoms with Crippen LogP contribution in [-0.2, 0) is 4.74 Å². The maximum atomic E-state index is 11.8. The minimum Gasteiger partial charge on any atom is -0.460 e. The van der Waals surface area contributed by atoms with Gasteiger partial charge in [-0.25, -0.2) is 9.78 Å². The van der Waals surface area contributed by atoms with E-state index in [0.717, 1.165) is 17.7 Å². The van der Waals surface area contributed by atoms with E-state index in [4.69, 9.17) is 4.74 Å². The van der Waals surface area contributed by atoms with Gasteiger partial charge in [0.25, 0.3) is 0 Å². The van der Waals surface area contributed by atoms with E-state index in [0.29, 0.717) is 6.61 Å². The third-order valence-electron chi connectivity index (χ3n) is 4.66. The molecule has 1 aromatic rings. The number of rotatable bonds is 6. The Morgan fingerprint density at radius 3 is 2.88 bits per heavy atom. The number of aromatic nitrogens is 2. The molecule has 4 heteroatoms. The smallest absolute Gasteiger partial charge is 0.374 e. The molecule has 0 saturated carbocycles. The highest BCUT2D eigenvalue weighted by molar-refractivity contribution is 5.85. The van der Waals surface area contributed by atoms with Crippen LogP contribution in [0.4, 0.5) is 0 Å². The predicted molar refractivity (Wildman–Crippen MR) is 102 cm³/mol. The van der Waals surface area contributed by atoms with Crippen LogP contribution in [0.15, 0.2) is 35.1 Å². The minimum absolute atomic E-state index is 0.239. The minimum atomic E-state index is -0.403. The average molecular weight is 342 g/mol. The lowest BCUT2D eigenvalue weighted by atomic mass is 9.72. The SMILES string of the molecule is CCCOC(=O)c1ncc(/C=C(C)/C=C/C2=C(C)CCCC2(C)C)[nH]1. The van der Waals surface area contributed by atoms with E-state index in [2.05, 4.69) is 49.8 Å². The van der Waals surface area contributed by atoms with Gasteiger partial charge in [0, 0.05) is 0 Å². The molecule has 1 N–H and O–H groups in total. The fraction of sp³-hybridized carbons (Fsp3) is 0.524. The van der Waals surface area contributed by atoms with Crippen LogP contribution in [0.1, 0.15) is 76.6 Å². The molecule has 2 rings (SSSR count). The number of ether oxygens (including phenoxy) is 1. The quantitative estimate of drug-likeness (QED) is 0.551.